The molecule has 2 heterocycles. The average molecular weight is 393 g/mol. The normalized spacial score (nSPS) is 16.1. The van der Waals surface area contributed by atoms with Crippen molar-refractivity contribution in [3.8, 4) is 11.5 Å². The second kappa shape index (κ2) is 9.16. The molecule has 0 saturated heterocycles. The molecule has 1 aliphatic rings. The third kappa shape index (κ3) is 5.00. The molecule has 1 saturated carbocycles. The predicted molar refractivity (Wildman–Crippen MR) is 110 cm³/mol. The number of benzene rings is 1. The van der Waals surface area contributed by atoms with Gasteiger partial charge < -0.3 is 9.63 Å². The minimum atomic E-state index is -0.837. The highest BCUT2D eigenvalue weighted by Crippen LogP contribution is 2.31. The van der Waals surface area contributed by atoms with Crippen LogP contribution in [0.5, 0.6) is 0 Å². The molecule has 3 aromatic rings. The van der Waals surface area contributed by atoms with Gasteiger partial charge in [-0.05, 0) is 23.8 Å². The Morgan fingerprint density at radius 1 is 1.17 bits per heavy atom. The molecular weight excluding hydrogens is 366 g/mol. The molecule has 0 aliphatic heterocycles. The van der Waals surface area contributed by atoms with Crippen LogP contribution in [0.2, 0.25) is 0 Å². The second-order valence-corrected chi connectivity index (χ2v) is 8.10. The average Bonchev–Trinajstić information content (AvgIpc) is 3.23. The summed E-state index contributed by atoms with van der Waals surface area (Å²) in [5.74, 6) is 0.512. The van der Waals surface area contributed by atoms with Gasteiger partial charge in [-0.15, -0.1) is 0 Å². The molecule has 0 radical (unpaired) electrons. The quantitative estimate of drug-likeness (QED) is 0.536. The van der Waals surface area contributed by atoms with E-state index >= 15 is 0 Å². The largest absolute Gasteiger partial charge is 0.481 e. The molecule has 2 aromatic heterocycles. The van der Waals surface area contributed by atoms with Crippen molar-refractivity contribution in [2.45, 2.75) is 63.7 Å². The van der Waals surface area contributed by atoms with Crippen molar-refractivity contribution in [2.24, 2.45) is 5.92 Å². The predicted octanol–water partition coefficient (Wildman–Crippen LogP) is 5.59. The van der Waals surface area contributed by atoms with Crippen molar-refractivity contribution in [2.75, 3.05) is 0 Å². The van der Waals surface area contributed by atoms with Crippen molar-refractivity contribution in [1.29, 1.82) is 0 Å². The number of fused-ring (bicyclic) bond motifs is 1. The van der Waals surface area contributed by atoms with Crippen LogP contribution in [0.3, 0.4) is 0 Å². The van der Waals surface area contributed by atoms with Crippen LogP contribution in [-0.2, 0) is 4.79 Å². The zero-order valence-electron chi connectivity index (χ0n) is 16.6. The van der Waals surface area contributed by atoms with E-state index in [1.54, 1.807) is 6.20 Å². The summed E-state index contributed by atoms with van der Waals surface area (Å²) in [4.78, 5) is 20.3. The zero-order valence-corrected chi connectivity index (χ0v) is 16.6. The van der Waals surface area contributed by atoms with Crippen molar-refractivity contribution in [3.05, 3.63) is 42.4 Å². The maximum Gasteiger partial charge on any atom is 0.304 e. The van der Waals surface area contributed by atoms with Gasteiger partial charge in [0.1, 0.15) is 5.69 Å². The third-order valence-corrected chi connectivity index (χ3v) is 5.96. The first-order valence-electron chi connectivity index (χ1n) is 10.6. The van der Waals surface area contributed by atoms with E-state index in [2.05, 4.69) is 15.1 Å². The van der Waals surface area contributed by atoms with Gasteiger partial charge in [-0.3, -0.25) is 9.78 Å². The Kier molecular flexibility index (Phi) is 6.17. The van der Waals surface area contributed by atoms with E-state index in [9.17, 15) is 9.90 Å². The monoisotopic (exact) mass is 393 g/mol. The van der Waals surface area contributed by atoms with Gasteiger partial charge in [-0.2, -0.15) is 4.98 Å². The number of pyridine rings is 1. The van der Waals surface area contributed by atoms with Crippen LogP contribution in [0, 0.1) is 5.92 Å². The lowest BCUT2D eigenvalue weighted by Gasteiger charge is -2.21. The fourth-order valence-corrected chi connectivity index (χ4v) is 4.36. The van der Waals surface area contributed by atoms with E-state index in [0.29, 0.717) is 17.4 Å². The highest BCUT2D eigenvalue weighted by molar-refractivity contribution is 5.84. The number of aromatic nitrogens is 3. The molecule has 1 aliphatic carbocycles. The van der Waals surface area contributed by atoms with Crippen LogP contribution >= 0.6 is 0 Å². The van der Waals surface area contributed by atoms with E-state index in [1.807, 2.05) is 30.3 Å². The molecule has 29 heavy (non-hydrogen) atoms. The summed E-state index contributed by atoms with van der Waals surface area (Å²) in [7, 11) is 0. The standard InChI is InChI=1S/C23H27N3O3/c27-21(28)14-18(12-6-9-16-7-2-1-3-8-16)23-25-22(26-29-23)20-13-17-10-4-5-11-19(17)15-24-20/h4-5,10-11,13,15-16,18H,1-3,6-9,12,14H2,(H,27,28). The maximum absolute atomic E-state index is 11.4. The Hall–Kier alpha value is -2.76. The zero-order chi connectivity index (χ0) is 20.1. The highest BCUT2D eigenvalue weighted by Gasteiger charge is 2.23. The van der Waals surface area contributed by atoms with Crippen LogP contribution in [0.25, 0.3) is 22.3 Å². The van der Waals surface area contributed by atoms with Gasteiger partial charge in [0, 0.05) is 17.5 Å². The maximum atomic E-state index is 11.4. The number of carboxylic acid groups (broad SMARTS) is 1. The first-order chi connectivity index (χ1) is 14.2. The minimum absolute atomic E-state index is 0.0114. The lowest BCUT2D eigenvalue weighted by Crippen LogP contribution is -2.10. The SMILES string of the molecule is O=C(O)CC(CCCC1CCCCC1)c1nc(-c2cc3ccccc3cn2)no1. The first-order valence-corrected chi connectivity index (χ1v) is 10.6. The third-order valence-electron chi connectivity index (χ3n) is 5.96. The Labute approximate surface area is 170 Å². The Morgan fingerprint density at radius 3 is 2.76 bits per heavy atom. The first kappa shape index (κ1) is 19.6. The fourth-order valence-electron chi connectivity index (χ4n) is 4.36. The molecule has 1 N–H and O–H groups in total. The lowest BCUT2D eigenvalue weighted by atomic mass is 9.84. The topological polar surface area (TPSA) is 89.1 Å². The van der Waals surface area contributed by atoms with Gasteiger partial charge in [-0.25, -0.2) is 0 Å². The Morgan fingerprint density at radius 2 is 1.97 bits per heavy atom. The minimum Gasteiger partial charge on any atom is -0.481 e. The lowest BCUT2D eigenvalue weighted by molar-refractivity contribution is -0.137. The van der Waals surface area contributed by atoms with Crippen molar-refractivity contribution in [3.63, 3.8) is 0 Å². The second-order valence-electron chi connectivity index (χ2n) is 8.10. The molecule has 1 fully saturated rings. The van der Waals surface area contributed by atoms with Crippen molar-refractivity contribution in [1.82, 2.24) is 15.1 Å². The molecule has 0 bridgehead atoms. The van der Waals surface area contributed by atoms with E-state index in [0.717, 1.165) is 36.0 Å². The van der Waals surface area contributed by atoms with Crippen molar-refractivity contribution < 1.29 is 14.4 Å². The van der Waals surface area contributed by atoms with Gasteiger partial charge in [0.05, 0.1) is 6.42 Å². The molecular formula is C23H27N3O3. The highest BCUT2D eigenvalue weighted by atomic mass is 16.5. The summed E-state index contributed by atoms with van der Waals surface area (Å²) in [6.07, 6.45) is 11.3. The van der Waals surface area contributed by atoms with Gasteiger partial charge >= 0.3 is 5.97 Å². The molecule has 0 amide bonds. The number of carboxylic acids is 1. The van der Waals surface area contributed by atoms with Crippen LogP contribution in [0.1, 0.15) is 69.6 Å². The fraction of sp³-hybridized carbons (Fsp3) is 0.478. The molecule has 1 aromatic carbocycles. The summed E-state index contributed by atoms with van der Waals surface area (Å²) < 4.78 is 5.47. The summed E-state index contributed by atoms with van der Waals surface area (Å²) in [5.41, 5.74) is 0.634. The van der Waals surface area contributed by atoms with Gasteiger partial charge in [0.25, 0.3) is 0 Å². The van der Waals surface area contributed by atoms with E-state index in [-0.39, 0.29) is 12.3 Å². The summed E-state index contributed by atoms with van der Waals surface area (Å²) >= 11 is 0. The van der Waals surface area contributed by atoms with Crippen LogP contribution in [-0.4, -0.2) is 26.2 Å². The molecule has 4 rings (SSSR count). The molecule has 0 spiro atoms. The van der Waals surface area contributed by atoms with Gasteiger partial charge in [0.15, 0.2) is 0 Å². The Bertz CT molecular complexity index is 963. The number of nitrogens with zero attached hydrogens (tertiary/aromatic N) is 3. The summed E-state index contributed by atoms with van der Waals surface area (Å²) in [6.45, 7) is 0. The molecule has 1 atom stereocenters. The van der Waals surface area contributed by atoms with E-state index in [1.165, 1.54) is 32.1 Å². The Balaban J connectivity index is 1.46. The number of rotatable bonds is 8. The van der Waals surface area contributed by atoms with Crippen LogP contribution in [0.15, 0.2) is 41.1 Å². The van der Waals surface area contributed by atoms with Crippen LogP contribution in [0.4, 0.5) is 0 Å². The number of hydrogen-bond acceptors (Lipinski definition) is 5. The number of carbonyl (C=O) groups is 1. The molecule has 6 nitrogen and oxygen atoms in total. The summed E-state index contributed by atoms with van der Waals surface area (Å²) in [6, 6.07) is 9.89. The summed E-state index contributed by atoms with van der Waals surface area (Å²) in [5, 5.41) is 15.5. The number of hydrogen-bond donors (Lipinski definition) is 1. The molecule has 152 valence electrons. The molecule has 6 heteroatoms. The van der Waals surface area contributed by atoms with Gasteiger partial charge in [0.2, 0.25) is 11.7 Å². The van der Waals surface area contributed by atoms with E-state index < -0.39 is 5.97 Å². The molecule has 1 unspecified atom stereocenters. The van der Waals surface area contributed by atoms with E-state index in [4.69, 9.17) is 4.52 Å². The smallest absolute Gasteiger partial charge is 0.304 e. The van der Waals surface area contributed by atoms with Crippen molar-refractivity contribution >= 4 is 16.7 Å². The van der Waals surface area contributed by atoms with Gasteiger partial charge in [-0.1, -0.05) is 74.4 Å². The number of aliphatic carboxylic acids is 1. The van der Waals surface area contributed by atoms with Crippen LogP contribution < -0.4 is 0 Å².